The van der Waals surface area contributed by atoms with E-state index in [1.807, 2.05) is 0 Å². The number of hydrogen-bond acceptors (Lipinski definition) is 6. The quantitative estimate of drug-likeness (QED) is 0.204. The number of nitrogens with zero attached hydrogens (tertiary/aromatic N) is 3. The number of carbonyl (C=O) groups excluding carboxylic acids is 1. The molecule has 7 nitrogen and oxygen atoms in total. The second-order valence-electron chi connectivity index (χ2n) is 7.57. The van der Waals surface area contributed by atoms with E-state index in [0.29, 0.717) is 15.6 Å². The van der Waals surface area contributed by atoms with Crippen LogP contribution >= 0.6 is 27.5 Å². The Morgan fingerprint density at radius 3 is 2.62 bits per heavy atom. The highest BCUT2D eigenvalue weighted by Crippen LogP contribution is 2.34. The maximum atomic E-state index is 13.3. The molecule has 0 aliphatic rings. The van der Waals surface area contributed by atoms with Crippen molar-refractivity contribution in [3.63, 3.8) is 0 Å². The zero-order chi connectivity index (χ0) is 26.7. The molecule has 0 radical (unpaired) electrons. The third-order valence-corrected chi connectivity index (χ3v) is 5.98. The van der Waals surface area contributed by atoms with Crippen LogP contribution in [-0.4, -0.2) is 35.6 Å². The zero-order valence-electron chi connectivity index (χ0n) is 18.9. The summed E-state index contributed by atoms with van der Waals surface area (Å²) < 4.78 is 51.3. The Balaban J connectivity index is 1.81. The van der Waals surface area contributed by atoms with Gasteiger partial charge in [-0.1, -0.05) is 35.9 Å². The predicted molar refractivity (Wildman–Crippen MR) is 136 cm³/mol. The van der Waals surface area contributed by atoms with Crippen LogP contribution < -0.4 is 10.3 Å². The van der Waals surface area contributed by atoms with Crippen LogP contribution in [0.25, 0.3) is 22.3 Å². The van der Waals surface area contributed by atoms with E-state index < -0.39 is 23.3 Å². The molecule has 190 valence electrons. The first-order valence-corrected chi connectivity index (χ1v) is 11.7. The molecule has 0 atom stereocenters. The normalized spacial score (nSPS) is 11.7. The fourth-order valence-corrected chi connectivity index (χ4v) is 4.35. The number of fused-ring (bicyclic) bond motifs is 1. The lowest BCUT2D eigenvalue weighted by Crippen LogP contribution is -2.20. The monoisotopic (exact) mass is 593 g/mol. The molecular weight excluding hydrogens is 579 g/mol. The highest BCUT2D eigenvalue weighted by Gasteiger charge is 2.31. The Morgan fingerprint density at radius 1 is 1.16 bits per heavy atom. The van der Waals surface area contributed by atoms with Crippen molar-refractivity contribution in [3.8, 4) is 17.1 Å². The number of ether oxygens (including phenoxy) is 2. The minimum atomic E-state index is -4.58. The number of hydrogen-bond donors (Lipinski definition) is 0. The Hall–Kier alpha value is -3.70. The first-order chi connectivity index (χ1) is 17.6. The minimum Gasteiger partial charge on any atom is -0.479 e. The number of rotatable bonds is 6. The number of methoxy groups -OCH3 is 1. The number of aromatic nitrogens is 2. The molecule has 0 saturated heterocycles. The third-order valence-electron chi connectivity index (χ3n) is 5.11. The van der Waals surface area contributed by atoms with Crippen LogP contribution in [0.2, 0.25) is 5.02 Å². The predicted octanol–water partition coefficient (Wildman–Crippen LogP) is 5.93. The Kier molecular flexibility index (Phi) is 7.65. The van der Waals surface area contributed by atoms with Crippen molar-refractivity contribution in [1.82, 2.24) is 9.66 Å². The van der Waals surface area contributed by atoms with E-state index >= 15 is 0 Å². The molecule has 3 aromatic carbocycles. The first kappa shape index (κ1) is 26.4. The van der Waals surface area contributed by atoms with Crippen LogP contribution in [-0.2, 0) is 15.7 Å². The smallest absolute Gasteiger partial charge is 0.416 e. The molecule has 37 heavy (non-hydrogen) atoms. The number of esters is 1. The average Bonchev–Trinajstić information content (AvgIpc) is 2.87. The number of halogens is 5. The molecular formula is C25H16BrClF3N3O4. The van der Waals surface area contributed by atoms with Crippen LogP contribution in [0.3, 0.4) is 0 Å². The lowest BCUT2D eigenvalue weighted by atomic mass is 10.1. The first-order valence-electron chi connectivity index (χ1n) is 10.5. The molecule has 0 aliphatic heterocycles. The van der Waals surface area contributed by atoms with E-state index in [2.05, 4.69) is 30.8 Å². The summed E-state index contributed by atoms with van der Waals surface area (Å²) in [6.07, 6.45) is -3.28. The molecule has 0 fully saturated rings. The van der Waals surface area contributed by atoms with Gasteiger partial charge in [-0.25, -0.2) is 9.78 Å². The summed E-state index contributed by atoms with van der Waals surface area (Å²) in [7, 11) is 1.22. The van der Waals surface area contributed by atoms with Crippen LogP contribution in [0.1, 0.15) is 11.1 Å². The lowest BCUT2D eigenvalue weighted by molar-refractivity contribution is -0.143. The topological polar surface area (TPSA) is 82.8 Å². The van der Waals surface area contributed by atoms with Gasteiger partial charge in [-0.05, 0) is 57.9 Å². The molecule has 1 heterocycles. The van der Waals surface area contributed by atoms with Crippen molar-refractivity contribution in [2.24, 2.45) is 5.10 Å². The molecule has 1 aromatic heterocycles. The van der Waals surface area contributed by atoms with E-state index in [1.165, 1.54) is 31.5 Å². The summed E-state index contributed by atoms with van der Waals surface area (Å²) in [6, 6.07) is 14.0. The van der Waals surface area contributed by atoms with Gasteiger partial charge < -0.3 is 9.47 Å². The number of para-hydroxylation sites is 1. The molecule has 0 N–H and O–H groups in total. The Morgan fingerprint density at radius 2 is 1.92 bits per heavy atom. The van der Waals surface area contributed by atoms with Gasteiger partial charge in [-0.15, -0.1) is 0 Å². The third kappa shape index (κ3) is 5.83. The molecule has 0 bridgehead atoms. The second-order valence-corrected chi connectivity index (χ2v) is 8.83. The van der Waals surface area contributed by atoms with Gasteiger partial charge in [-0.3, -0.25) is 4.79 Å². The van der Waals surface area contributed by atoms with Gasteiger partial charge in [0.05, 0.1) is 39.3 Å². The van der Waals surface area contributed by atoms with Gasteiger partial charge in [-0.2, -0.15) is 22.9 Å². The van der Waals surface area contributed by atoms with Gasteiger partial charge in [0.2, 0.25) is 0 Å². The van der Waals surface area contributed by atoms with E-state index in [9.17, 15) is 22.8 Å². The van der Waals surface area contributed by atoms with Crippen LogP contribution in [0, 0.1) is 0 Å². The van der Waals surface area contributed by atoms with Crippen molar-refractivity contribution < 1.29 is 27.4 Å². The Labute approximate surface area is 221 Å². The zero-order valence-corrected chi connectivity index (χ0v) is 21.3. The fraction of sp³-hybridized carbons (Fsp3) is 0.120. The van der Waals surface area contributed by atoms with Gasteiger partial charge >= 0.3 is 12.1 Å². The van der Waals surface area contributed by atoms with E-state index in [4.69, 9.17) is 16.3 Å². The highest BCUT2D eigenvalue weighted by atomic mass is 79.9. The molecule has 0 amide bonds. The van der Waals surface area contributed by atoms with Gasteiger partial charge in [0, 0.05) is 5.56 Å². The molecule has 4 rings (SSSR count). The number of carbonyl (C=O) groups is 1. The van der Waals surface area contributed by atoms with Crippen molar-refractivity contribution in [2.75, 3.05) is 13.7 Å². The molecule has 12 heteroatoms. The summed E-state index contributed by atoms with van der Waals surface area (Å²) in [4.78, 5) is 29.1. The lowest BCUT2D eigenvalue weighted by Gasteiger charge is -2.12. The van der Waals surface area contributed by atoms with Gasteiger partial charge in [0.15, 0.2) is 18.2 Å². The maximum absolute atomic E-state index is 13.3. The molecule has 0 saturated carbocycles. The van der Waals surface area contributed by atoms with Crippen LogP contribution in [0.15, 0.2) is 75.0 Å². The van der Waals surface area contributed by atoms with Gasteiger partial charge in [0.1, 0.15) is 0 Å². The summed E-state index contributed by atoms with van der Waals surface area (Å²) in [6.45, 7) is -0.360. The standard InChI is InChI=1S/C25H16BrClF3N3O4/c1-36-21(34)13-37-22-18(26)9-14(10-19(22)27)12-31-33-23(15-5-4-6-16(11-15)25(28,29)30)32-20-8-3-2-7-17(20)24(33)35/h2-12H,13H2,1H3. The van der Waals surface area contributed by atoms with Crippen molar-refractivity contribution in [1.29, 1.82) is 0 Å². The van der Waals surface area contributed by atoms with Crippen molar-refractivity contribution in [2.45, 2.75) is 6.18 Å². The largest absolute Gasteiger partial charge is 0.479 e. The van der Waals surface area contributed by atoms with Crippen LogP contribution in [0.4, 0.5) is 13.2 Å². The Bertz CT molecular complexity index is 1560. The number of alkyl halides is 3. The second kappa shape index (κ2) is 10.7. The molecule has 0 aliphatic carbocycles. The highest BCUT2D eigenvalue weighted by molar-refractivity contribution is 9.10. The summed E-state index contributed by atoms with van der Waals surface area (Å²) >= 11 is 9.59. The van der Waals surface area contributed by atoms with Crippen molar-refractivity contribution >= 4 is 50.6 Å². The molecule has 4 aromatic rings. The van der Waals surface area contributed by atoms with Crippen molar-refractivity contribution in [3.05, 3.63) is 91.6 Å². The maximum Gasteiger partial charge on any atom is 0.416 e. The summed E-state index contributed by atoms with van der Waals surface area (Å²) in [5.41, 5.74) is -0.666. The SMILES string of the molecule is COC(=O)COc1c(Cl)cc(C=Nn2c(-c3cccc(C(F)(F)F)c3)nc3ccccc3c2=O)cc1Br. The van der Waals surface area contributed by atoms with Crippen LogP contribution in [0.5, 0.6) is 5.75 Å². The van der Waals surface area contributed by atoms with E-state index in [-0.39, 0.29) is 34.2 Å². The molecule has 0 unspecified atom stereocenters. The summed E-state index contributed by atoms with van der Waals surface area (Å²) in [5.74, 6) is -0.480. The fourth-order valence-electron chi connectivity index (χ4n) is 3.36. The number of benzene rings is 3. The summed E-state index contributed by atoms with van der Waals surface area (Å²) in [5, 5.41) is 4.61. The van der Waals surface area contributed by atoms with E-state index in [1.54, 1.807) is 30.3 Å². The average molecular weight is 595 g/mol. The van der Waals surface area contributed by atoms with Gasteiger partial charge in [0.25, 0.3) is 5.56 Å². The van der Waals surface area contributed by atoms with E-state index in [0.717, 1.165) is 16.8 Å². The molecule has 0 spiro atoms. The minimum absolute atomic E-state index is 0.0561.